The van der Waals surface area contributed by atoms with E-state index in [1.165, 1.54) is 0 Å². The molecule has 0 aromatic heterocycles. The maximum Gasteiger partial charge on any atom is 0.253 e. The molecule has 126 valence electrons. The van der Waals surface area contributed by atoms with Crippen LogP contribution in [-0.4, -0.2) is 49.4 Å². The Labute approximate surface area is 138 Å². The first-order chi connectivity index (χ1) is 11.2. The number of rotatable bonds is 7. The number of amides is 2. The second-order valence-corrected chi connectivity index (χ2v) is 6.00. The second kappa shape index (κ2) is 9.30. The Morgan fingerprint density at radius 3 is 2.70 bits per heavy atom. The van der Waals surface area contributed by atoms with Crippen molar-refractivity contribution in [3.63, 3.8) is 0 Å². The lowest BCUT2D eigenvalue weighted by Crippen LogP contribution is -2.46. The van der Waals surface area contributed by atoms with Crippen molar-refractivity contribution >= 4 is 11.8 Å². The van der Waals surface area contributed by atoms with Gasteiger partial charge in [-0.25, -0.2) is 0 Å². The van der Waals surface area contributed by atoms with Gasteiger partial charge in [-0.15, -0.1) is 0 Å². The van der Waals surface area contributed by atoms with Gasteiger partial charge in [-0.1, -0.05) is 25.1 Å². The summed E-state index contributed by atoms with van der Waals surface area (Å²) in [4.78, 5) is 26.5. The van der Waals surface area contributed by atoms with Gasteiger partial charge in [-0.05, 0) is 37.9 Å². The Bertz CT molecular complexity index is 504. The van der Waals surface area contributed by atoms with Crippen molar-refractivity contribution < 1.29 is 9.59 Å². The largest absolute Gasteiger partial charge is 0.355 e. The topological polar surface area (TPSA) is 61.4 Å². The van der Waals surface area contributed by atoms with Gasteiger partial charge in [0.15, 0.2) is 0 Å². The molecule has 1 aromatic carbocycles. The lowest BCUT2D eigenvalue weighted by atomic mass is 9.96. The average Bonchev–Trinajstić information content (AvgIpc) is 2.61. The summed E-state index contributed by atoms with van der Waals surface area (Å²) in [6.45, 7) is 5.77. The molecule has 1 aliphatic heterocycles. The molecule has 23 heavy (non-hydrogen) atoms. The number of likely N-dealkylation sites (tertiary alicyclic amines) is 1. The van der Waals surface area contributed by atoms with Gasteiger partial charge in [-0.3, -0.25) is 9.59 Å². The van der Waals surface area contributed by atoms with Crippen LogP contribution in [0.1, 0.15) is 36.5 Å². The number of nitrogens with one attached hydrogen (secondary N) is 2. The molecule has 1 aromatic rings. The maximum absolute atomic E-state index is 12.5. The van der Waals surface area contributed by atoms with Gasteiger partial charge in [0.1, 0.15) is 0 Å². The van der Waals surface area contributed by atoms with E-state index in [9.17, 15) is 9.59 Å². The average molecular weight is 317 g/mol. The zero-order valence-electron chi connectivity index (χ0n) is 13.9. The molecule has 0 bridgehead atoms. The highest BCUT2D eigenvalue weighted by atomic mass is 16.2. The smallest absolute Gasteiger partial charge is 0.253 e. The molecule has 5 nitrogen and oxygen atoms in total. The van der Waals surface area contributed by atoms with Crippen LogP contribution in [-0.2, 0) is 4.79 Å². The van der Waals surface area contributed by atoms with Crippen molar-refractivity contribution in [2.45, 2.75) is 26.2 Å². The number of piperidine rings is 1. The van der Waals surface area contributed by atoms with Crippen LogP contribution in [0.5, 0.6) is 0 Å². The lowest BCUT2D eigenvalue weighted by Gasteiger charge is -2.32. The fraction of sp³-hybridized carbons (Fsp3) is 0.556. The molecule has 1 fully saturated rings. The number of carbonyl (C=O) groups is 2. The number of benzene rings is 1. The molecule has 1 atom stereocenters. The molecular formula is C18H27N3O2. The predicted octanol–water partition coefficient (Wildman–Crippen LogP) is 1.65. The Balaban J connectivity index is 1.81. The Hall–Kier alpha value is -1.88. The van der Waals surface area contributed by atoms with E-state index in [0.29, 0.717) is 18.7 Å². The quantitative estimate of drug-likeness (QED) is 0.752. The standard InChI is InChI=1S/C18H27N3O2/c1-2-10-19-11-12-20-17(22)16-9-6-13-21(14-16)18(23)15-7-4-3-5-8-15/h3-5,7-8,16,19H,2,6,9-14H2,1H3,(H,20,22). The van der Waals surface area contributed by atoms with E-state index in [0.717, 1.165) is 38.9 Å². The molecule has 0 aliphatic carbocycles. The molecule has 0 radical (unpaired) electrons. The molecule has 1 unspecified atom stereocenters. The van der Waals surface area contributed by atoms with Gasteiger partial charge < -0.3 is 15.5 Å². The summed E-state index contributed by atoms with van der Waals surface area (Å²) in [5, 5.41) is 6.23. The van der Waals surface area contributed by atoms with E-state index in [-0.39, 0.29) is 17.7 Å². The molecule has 0 saturated carbocycles. The second-order valence-electron chi connectivity index (χ2n) is 6.00. The highest BCUT2D eigenvalue weighted by Gasteiger charge is 2.28. The van der Waals surface area contributed by atoms with Gasteiger partial charge in [0.05, 0.1) is 5.92 Å². The van der Waals surface area contributed by atoms with Crippen LogP contribution in [0, 0.1) is 5.92 Å². The first-order valence-corrected chi connectivity index (χ1v) is 8.55. The minimum Gasteiger partial charge on any atom is -0.355 e. The SMILES string of the molecule is CCCNCCNC(=O)C1CCCN(C(=O)c2ccccc2)C1. The Morgan fingerprint density at radius 1 is 1.17 bits per heavy atom. The Morgan fingerprint density at radius 2 is 1.96 bits per heavy atom. The van der Waals surface area contributed by atoms with Crippen LogP contribution in [0.15, 0.2) is 30.3 Å². The highest BCUT2D eigenvalue weighted by molar-refractivity contribution is 5.94. The number of carbonyl (C=O) groups excluding carboxylic acids is 2. The summed E-state index contributed by atoms with van der Waals surface area (Å²) < 4.78 is 0. The fourth-order valence-corrected chi connectivity index (χ4v) is 2.86. The van der Waals surface area contributed by atoms with Crippen molar-refractivity contribution in [1.29, 1.82) is 0 Å². The van der Waals surface area contributed by atoms with Crippen LogP contribution in [0.4, 0.5) is 0 Å². The molecule has 5 heteroatoms. The summed E-state index contributed by atoms with van der Waals surface area (Å²) in [5.41, 5.74) is 0.692. The molecule has 1 aliphatic rings. The van der Waals surface area contributed by atoms with Crippen LogP contribution in [0.2, 0.25) is 0 Å². The third-order valence-electron chi connectivity index (χ3n) is 4.13. The predicted molar refractivity (Wildman–Crippen MR) is 91.2 cm³/mol. The van der Waals surface area contributed by atoms with E-state index < -0.39 is 0 Å². The van der Waals surface area contributed by atoms with E-state index in [1.807, 2.05) is 30.3 Å². The van der Waals surface area contributed by atoms with Crippen LogP contribution in [0.3, 0.4) is 0 Å². The minimum atomic E-state index is -0.0948. The van der Waals surface area contributed by atoms with E-state index >= 15 is 0 Å². The molecular weight excluding hydrogens is 290 g/mol. The van der Waals surface area contributed by atoms with Crippen LogP contribution < -0.4 is 10.6 Å². The van der Waals surface area contributed by atoms with Crippen molar-refractivity contribution in [2.24, 2.45) is 5.92 Å². The maximum atomic E-state index is 12.5. The molecule has 0 spiro atoms. The monoisotopic (exact) mass is 317 g/mol. The summed E-state index contributed by atoms with van der Waals surface area (Å²) in [5.74, 6) is -0.0100. The minimum absolute atomic E-state index is 0.0210. The first-order valence-electron chi connectivity index (χ1n) is 8.55. The molecule has 2 N–H and O–H groups in total. The summed E-state index contributed by atoms with van der Waals surface area (Å²) in [6, 6.07) is 9.28. The normalized spacial score (nSPS) is 17.8. The van der Waals surface area contributed by atoms with E-state index in [4.69, 9.17) is 0 Å². The third kappa shape index (κ3) is 5.36. The van der Waals surface area contributed by atoms with Crippen molar-refractivity contribution in [2.75, 3.05) is 32.7 Å². The van der Waals surface area contributed by atoms with Gasteiger partial charge in [0, 0.05) is 31.7 Å². The molecule has 1 saturated heterocycles. The van der Waals surface area contributed by atoms with Crippen LogP contribution in [0.25, 0.3) is 0 Å². The highest BCUT2D eigenvalue weighted by Crippen LogP contribution is 2.18. The molecule has 1 heterocycles. The summed E-state index contributed by atoms with van der Waals surface area (Å²) in [6.07, 6.45) is 2.82. The summed E-state index contributed by atoms with van der Waals surface area (Å²) >= 11 is 0. The third-order valence-corrected chi connectivity index (χ3v) is 4.13. The van der Waals surface area contributed by atoms with E-state index in [1.54, 1.807) is 4.90 Å². The van der Waals surface area contributed by atoms with Gasteiger partial charge >= 0.3 is 0 Å². The van der Waals surface area contributed by atoms with Crippen molar-refractivity contribution in [1.82, 2.24) is 15.5 Å². The number of hydrogen-bond donors (Lipinski definition) is 2. The number of hydrogen-bond acceptors (Lipinski definition) is 3. The van der Waals surface area contributed by atoms with Gasteiger partial charge in [0.2, 0.25) is 5.91 Å². The summed E-state index contributed by atoms with van der Waals surface area (Å²) in [7, 11) is 0. The first kappa shape index (κ1) is 17.5. The number of nitrogens with zero attached hydrogens (tertiary/aromatic N) is 1. The van der Waals surface area contributed by atoms with Gasteiger partial charge in [0.25, 0.3) is 5.91 Å². The lowest BCUT2D eigenvalue weighted by molar-refractivity contribution is -0.126. The van der Waals surface area contributed by atoms with Crippen molar-refractivity contribution in [3.8, 4) is 0 Å². The fourth-order valence-electron chi connectivity index (χ4n) is 2.86. The molecule has 2 amide bonds. The molecule has 2 rings (SSSR count). The van der Waals surface area contributed by atoms with E-state index in [2.05, 4.69) is 17.6 Å². The zero-order chi connectivity index (χ0) is 16.5. The zero-order valence-corrected chi connectivity index (χ0v) is 13.9. The van der Waals surface area contributed by atoms with Crippen molar-refractivity contribution in [3.05, 3.63) is 35.9 Å². The van der Waals surface area contributed by atoms with Gasteiger partial charge in [-0.2, -0.15) is 0 Å². The Kier molecular flexibility index (Phi) is 7.07. The van der Waals surface area contributed by atoms with Crippen LogP contribution >= 0.6 is 0 Å².